The molecule has 7 heteroatoms. The van der Waals surface area contributed by atoms with Gasteiger partial charge < -0.3 is 10.6 Å². The third kappa shape index (κ3) is 3.73. The summed E-state index contributed by atoms with van der Waals surface area (Å²) in [5.74, 6) is -0.292. The summed E-state index contributed by atoms with van der Waals surface area (Å²) in [6, 6.07) is 3.33. The van der Waals surface area contributed by atoms with E-state index in [0.717, 1.165) is 25.5 Å². The molecule has 110 valence electrons. The molecular formula is C13H14BrF3N2O. The number of piperidine rings is 1. The Kier molecular flexibility index (Phi) is 4.70. The van der Waals surface area contributed by atoms with Crippen molar-refractivity contribution in [3.8, 4) is 0 Å². The molecule has 0 unspecified atom stereocenters. The van der Waals surface area contributed by atoms with Crippen molar-refractivity contribution in [3.63, 3.8) is 0 Å². The summed E-state index contributed by atoms with van der Waals surface area (Å²) in [5, 5.41) is 5.58. The lowest BCUT2D eigenvalue weighted by atomic mass is 10.0. The van der Waals surface area contributed by atoms with E-state index >= 15 is 0 Å². The van der Waals surface area contributed by atoms with Crippen LogP contribution in [0, 0.1) is 0 Å². The van der Waals surface area contributed by atoms with E-state index in [9.17, 15) is 18.0 Å². The molecule has 1 atom stereocenters. The first-order valence-electron chi connectivity index (χ1n) is 6.29. The van der Waals surface area contributed by atoms with Gasteiger partial charge in [0.15, 0.2) is 0 Å². The predicted octanol–water partition coefficient (Wildman–Crippen LogP) is 3.55. The van der Waals surface area contributed by atoms with Gasteiger partial charge in [-0.05, 0) is 37.6 Å². The van der Waals surface area contributed by atoms with Gasteiger partial charge in [-0.1, -0.05) is 22.4 Å². The first-order chi connectivity index (χ1) is 9.38. The second-order valence-electron chi connectivity index (χ2n) is 4.68. The van der Waals surface area contributed by atoms with E-state index < -0.39 is 11.7 Å². The second kappa shape index (κ2) is 6.13. The van der Waals surface area contributed by atoms with E-state index in [1.54, 1.807) is 0 Å². The van der Waals surface area contributed by atoms with Gasteiger partial charge in [-0.3, -0.25) is 4.79 Å². The van der Waals surface area contributed by atoms with E-state index in [1.807, 2.05) is 0 Å². The molecule has 0 aliphatic carbocycles. The maximum absolute atomic E-state index is 12.8. The van der Waals surface area contributed by atoms with Gasteiger partial charge in [-0.15, -0.1) is 0 Å². The average molecular weight is 351 g/mol. The fourth-order valence-electron chi connectivity index (χ4n) is 2.13. The smallest absolute Gasteiger partial charge is 0.325 e. The lowest BCUT2D eigenvalue weighted by molar-refractivity contribution is -0.138. The molecule has 1 aromatic rings. The minimum Gasteiger partial charge on any atom is -0.325 e. The van der Waals surface area contributed by atoms with E-state index in [-0.39, 0.29) is 22.1 Å². The zero-order valence-corrected chi connectivity index (χ0v) is 12.1. The number of anilines is 1. The first kappa shape index (κ1) is 15.3. The fourth-order valence-corrected chi connectivity index (χ4v) is 2.60. The van der Waals surface area contributed by atoms with Crippen LogP contribution in [0.4, 0.5) is 18.9 Å². The van der Waals surface area contributed by atoms with Gasteiger partial charge >= 0.3 is 6.18 Å². The van der Waals surface area contributed by atoms with Crippen molar-refractivity contribution >= 4 is 27.5 Å². The number of carbonyl (C=O) groups is 1. The van der Waals surface area contributed by atoms with E-state index in [0.29, 0.717) is 6.42 Å². The Bertz CT molecular complexity index is 499. The summed E-state index contributed by atoms with van der Waals surface area (Å²) >= 11 is 2.86. The van der Waals surface area contributed by atoms with Crippen molar-refractivity contribution in [1.29, 1.82) is 0 Å². The number of benzene rings is 1. The SMILES string of the molecule is O=C(Nc1ccc(Br)c(C(F)(F)F)c1)[C@H]1CCCCN1. The zero-order chi connectivity index (χ0) is 14.8. The molecule has 1 aliphatic heterocycles. The Hall–Kier alpha value is -1.08. The summed E-state index contributed by atoms with van der Waals surface area (Å²) in [6.45, 7) is 0.756. The molecule has 0 aromatic heterocycles. The molecule has 20 heavy (non-hydrogen) atoms. The lowest BCUT2D eigenvalue weighted by Gasteiger charge is -2.22. The maximum atomic E-state index is 12.8. The Morgan fingerprint density at radius 2 is 2.10 bits per heavy atom. The summed E-state index contributed by atoms with van der Waals surface area (Å²) in [5.41, 5.74) is -0.648. The van der Waals surface area contributed by atoms with Crippen LogP contribution in [0.2, 0.25) is 0 Å². The largest absolute Gasteiger partial charge is 0.417 e. The molecule has 3 nitrogen and oxygen atoms in total. The Labute approximate surface area is 123 Å². The number of rotatable bonds is 2. The predicted molar refractivity (Wildman–Crippen MR) is 73.4 cm³/mol. The minimum absolute atomic E-state index is 0.0428. The van der Waals surface area contributed by atoms with Crippen molar-refractivity contribution in [1.82, 2.24) is 5.32 Å². The molecule has 2 rings (SSSR count). The van der Waals surface area contributed by atoms with Crippen molar-refractivity contribution in [2.24, 2.45) is 0 Å². The summed E-state index contributed by atoms with van der Waals surface area (Å²) in [4.78, 5) is 11.9. The van der Waals surface area contributed by atoms with Crippen molar-refractivity contribution in [3.05, 3.63) is 28.2 Å². The van der Waals surface area contributed by atoms with Gasteiger partial charge in [0.25, 0.3) is 0 Å². The molecule has 0 bridgehead atoms. The molecule has 1 aromatic carbocycles. The molecule has 1 heterocycles. The van der Waals surface area contributed by atoms with Crippen LogP contribution >= 0.6 is 15.9 Å². The van der Waals surface area contributed by atoms with Gasteiger partial charge in [-0.25, -0.2) is 0 Å². The monoisotopic (exact) mass is 350 g/mol. The zero-order valence-electron chi connectivity index (χ0n) is 10.6. The van der Waals surface area contributed by atoms with Crippen LogP contribution in [0.1, 0.15) is 24.8 Å². The summed E-state index contributed by atoms with van der Waals surface area (Å²) < 4.78 is 38.3. The van der Waals surface area contributed by atoms with E-state index in [2.05, 4.69) is 26.6 Å². The van der Waals surface area contributed by atoms with Gasteiger partial charge in [0.2, 0.25) is 5.91 Å². The molecule has 0 spiro atoms. The van der Waals surface area contributed by atoms with Crippen molar-refractivity contribution in [2.75, 3.05) is 11.9 Å². The summed E-state index contributed by atoms with van der Waals surface area (Å²) in [7, 11) is 0. The number of amides is 1. The number of nitrogens with one attached hydrogen (secondary N) is 2. The van der Waals surface area contributed by atoms with Crippen LogP contribution < -0.4 is 10.6 Å². The highest BCUT2D eigenvalue weighted by Crippen LogP contribution is 2.36. The molecule has 1 aliphatic rings. The van der Waals surface area contributed by atoms with E-state index in [1.165, 1.54) is 12.1 Å². The van der Waals surface area contributed by atoms with Crippen LogP contribution in [-0.2, 0) is 11.0 Å². The highest BCUT2D eigenvalue weighted by Gasteiger charge is 2.33. The molecule has 2 N–H and O–H groups in total. The molecule has 0 radical (unpaired) electrons. The molecule has 1 saturated heterocycles. The number of hydrogen-bond acceptors (Lipinski definition) is 2. The Balaban J connectivity index is 2.11. The molecule has 1 fully saturated rings. The highest BCUT2D eigenvalue weighted by atomic mass is 79.9. The van der Waals surface area contributed by atoms with Gasteiger partial charge in [0.1, 0.15) is 0 Å². The molecule has 0 saturated carbocycles. The van der Waals surface area contributed by atoms with Crippen LogP contribution in [0.3, 0.4) is 0 Å². The summed E-state index contributed by atoms with van der Waals surface area (Å²) in [6.07, 6.45) is -1.79. The van der Waals surface area contributed by atoms with Crippen molar-refractivity contribution in [2.45, 2.75) is 31.5 Å². The molecular weight excluding hydrogens is 337 g/mol. The number of carbonyl (C=O) groups excluding carboxylic acids is 1. The first-order valence-corrected chi connectivity index (χ1v) is 7.08. The van der Waals surface area contributed by atoms with Crippen LogP contribution in [0.15, 0.2) is 22.7 Å². The highest BCUT2D eigenvalue weighted by molar-refractivity contribution is 9.10. The third-order valence-corrected chi connectivity index (χ3v) is 3.86. The van der Waals surface area contributed by atoms with Crippen LogP contribution in [-0.4, -0.2) is 18.5 Å². The van der Waals surface area contributed by atoms with Crippen molar-refractivity contribution < 1.29 is 18.0 Å². The topological polar surface area (TPSA) is 41.1 Å². The minimum atomic E-state index is -4.46. The normalized spacial score (nSPS) is 19.7. The Morgan fingerprint density at radius 3 is 2.70 bits per heavy atom. The van der Waals surface area contributed by atoms with E-state index in [4.69, 9.17) is 0 Å². The van der Waals surface area contributed by atoms with Gasteiger partial charge in [0, 0.05) is 10.2 Å². The second-order valence-corrected chi connectivity index (χ2v) is 5.54. The molecule has 1 amide bonds. The maximum Gasteiger partial charge on any atom is 0.417 e. The third-order valence-electron chi connectivity index (χ3n) is 3.17. The quantitative estimate of drug-likeness (QED) is 0.856. The van der Waals surface area contributed by atoms with Gasteiger partial charge in [-0.2, -0.15) is 13.2 Å². The van der Waals surface area contributed by atoms with Gasteiger partial charge in [0.05, 0.1) is 11.6 Å². The fraction of sp³-hybridized carbons (Fsp3) is 0.462. The standard InChI is InChI=1S/C13H14BrF3N2O/c14-10-5-4-8(7-9(10)13(15,16)17)19-12(20)11-3-1-2-6-18-11/h4-5,7,11,18H,1-3,6H2,(H,19,20)/t11-/m1/s1. The lowest BCUT2D eigenvalue weighted by Crippen LogP contribution is -2.43. The van der Waals surface area contributed by atoms with Crippen LogP contribution in [0.25, 0.3) is 0 Å². The average Bonchev–Trinajstić information content (AvgIpc) is 2.40. The number of halogens is 4. The van der Waals surface area contributed by atoms with Crippen LogP contribution in [0.5, 0.6) is 0 Å². The number of alkyl halides is 3. The Morgan fingerprint density at radius 1 is 1.35 bits per heavy atom. The number of hydrogen-bond donors (Lipinski definition) is 2.